The van der Waals surface area contributed by atoms with E-state index in [1.165, 1.54) is 37.0 Å². The van der Waals surface area contributed by atoms with E-state index in [9.17, 15) is 22.8 Å². The van der Waals surface area contributed by atoms with Crippen molar-refractivity contribution in [3.8, 4) is 0 Å². The Morgan fingerprint density at radius 3 is 1.72 bits per heavy atom. The lowest BCUT2D eigenvalue weighted by Gasteiger charge is -2.41. The van der Waals surface area contributed by atoms with E-state index in [1.807, 2.05) is 0 Å². The first-order valence-corrected chi connectivity index (χ1v) is 11.3. The maximum absolute atomic E-state index is 13.1. The van der Waals surface area contributed by atoms with E-state index < -0.39 is 17.5 Å². The van der Waals surface area contributed by atoms with Crippen molar-refractivity contribution in [2.75, 3.05) is 26.2 Å². The van der Waals surface area contributed by atoms with Crippen LogP contribution in [0.4, 0.5) is 13.2 Å². The highest BCUT2D eigenvalue weighted by Gasteiger charge is 2.54. The van der Waals surface area contributed by atoms with Gasteiger partial charge < -0.3 is 9.80 Å². The van der Waals surface area contributed by atoms with Gasteiger partial charge >= 0.3 is 6.18 Å². The molecule has 29 heavy (non-hydrogen) atoms. The van der Waals surface area contributed by atoms with E-state index in [4.69, 9.17) is 0 Å². The molecule has 7 heteroatoms. The number of nitrogens with zero attached hydrogens (tertiary/aromatic N) is 2. The molecular formula is C22H35F3N2O2. The number of amides is 2. The first-order valence-electron chi connectivity index (χ1n) is 11.3. The number of alkyl halides is 3. The first kappa shape index (κ1) is 22.4. The van der Waals surface area contributed by atoms with E-state index in [1.54, 1.807) is 4.90 Å². The molecule has 1 saturated heterocycles. The molecular weight excluding hydrogens is 381 g/mol. The van der Waals surface area contributed by atoms with Gasteiger partial charge in [0.15, 0.2) is 0 Å². The lowest BCUT2D eigenvalue weighted by atomic mass is 9.71. The molecule has 0 radical (unpaired) electrons. The van der Waals surface area contributed by atoms with Crippen molar-refractivity contribution in [1.82, 2.24) is 9.80 Å². The third kappa shape index (κ3) is 4.91. The van der Waals surface area contributed by atoms with Gasteiger partial charge in [0.1, 0.15) is 5.41 Å². The quantitative estimate of drug-likeness (QED) is 0.673. The molecule has 166 valence electrons. The second kappa shape index (κ2) is 8.84. The minimum atomic E-state index is -4.58. The Morgan fingerprint density at radius 2 is 1.21 bits per heavy atom. The molecule has 2 amide bonds. The zero-order valence-corrected chi connectivity index (χ0v) is 17.8. The fourth-order valence-corrected chi connectivity index (χ4v) is 5.35. The average molecular weight is 417 g/mol. The SMILES string of the molecule is CC(C)(C(=O)N1CCN(C(=O)C2CCC(C3CCCCC3)CC2)CC1)C(F)(F)F. The van der Waals surface area contributed by atoms with Gasteiger partial charge in [-0.05, 0) is 51.4 Å². The average Bonchev–Trinajstić information content (AvgIpc) is 2.73. The van der Waals surface area contributed by atoms with Crippen LogP contribution in [-0.2, 0) is 9.59 Å². The van der Waals surface area contributed by atoms with Crippen molar-refractivity contribution in [2.45, 2.75) is 77.8 Å². The molecule has 2 saturated carbocycles. The topological polar surface area (TPSA) is 40.6 Å². The summed E-state index contributed by atoms with van der Waals surface area (Å²) < 4.78 is 39.4. The Bertz CT molecular complexity index is 583. The number of carbonyl (C=O) groups is 2. The monoisotopic (exact) mass is 416 g/mol. The fraction of sp³-hybridized carbons (Fsp3) is 0.909. The molecule has 3 fully saturated rings. The van der Waals surface area contributed by atoms with Crippen molar-refractivity contribution < 1.29 is 22.8 Å². The van der Waals surface area contributed by atoms with Crippen molar-refractivity contribution in [1.29, 1.82) is 0 Å². The van der Waals surface area contributed by atoms with Crippen molar-refractivity contribution in [3.05, 3.63) is 0 Å². The molecule has 0 spiro atoms. The van der Waals surface area contributed by atoms with Gasteiger partial charge in [0.25, 0.3) is 0 Å². The fourth-order valence-electron chi connectivity index (χ4n) is 5.35. The zero-order chi connectivity index (χ0) is 21.2. The molecule has 0 bridgehead atoms. The van der Waals surface area contributed by atoms with Crippen LogP contribution in [0.5, 0.6) is 0 Å². The predicted molar refractivity (Wildman–Crippen MR) is 105 cm³/mol. The minimum Gasteiger partial charge on any atom is -0.339 e. The van der Waals surface area contributed by atoms with Gasteiger partial charge in [0.2, 0.25) is 11.8 Å². The van der Waals surface area contributed by atoms with Gasteiger partial charge in [0.05, 0.1) is 0 Å². The van der Waals surface area contributed by atoms with Crippen LogP contribution in [0.1, 0.15) is 71.6 Å². The Labute approximate surface area is 172 Å². The summed E-state index contributed by atoms with van der Waals surface area (Å²) in [4.78, 5) is 28.3. The molecule has 1 aliphatic heterocycles. The van der Waals surface area contributed by atoms with Gasteiger partial charge in [0, 0.05) is 32.1 Å². The van der Waals surface area contributed by atoms with E-state index in [0.717, 1.165) is 51.4 Å². The first-order chi connectivity index (χ1) is 13.6. The second-order valence-electron chi connectivity index (χ2n) is 9.75. The summed E-state index contributed by atoms with van der Waals surface area (Å²) in [6, 6.07) is 0. The zero-order valence-electron chi connectivity index (χ0n) is 17.8. The minimum absolute atomic E-state index is 0.0451. The Kier molecular flexibility index (Phi) is 6.84. The highest BCUT2D eigenvalue weighted by atomic mass is 19.4. The highest BCUT2D eigenvalue weighted by molar-refractivity contribution is 5.83. The van der Waals surface area contributed by atoms with Crippen LogP contribution in [-0.4, -0.2) is 54.0 Å². The molecule has 0 unspecified atom stereocenters. The van der Waals surface area contributed by atoms with Crippen LogP contribution < -0.4 is 0 Å². The maximum Gasteiger partial charge on any atom is 0.402 e. The number of hydrogen-bond acceptors (Lipinski definition) is 2. The van der Waals surface area contributed by atoms with Crippen molar-refractivity contribution in [2.24, 2.45) is 23.2 Å². The molecule has 0 aromatic heterocycles. The molecule has 3 aliphatic rings. The predicted octanol–water partition coefficient (Wildman–Crippen LogP) is 4.63. The Balaban J connectivity index is 1.46. The van der Waals surface area contributed by atoms with Crippen molar-refractivity contribution in [3.63, 3.8) is 0 Å². The van der Waals surface area contributed by atoms with Gasteiger partial charge in [-0.15, -0.1) is 0 Å². The third-order valence-electron chi connectivity index (χ3n) is 7.56. The Morgan fingerprint density at radius 1 is 0.724 bits per heavy atom. The summed E-state index contributed by atoms with van der Waals surface area (Å²) in [6.07, 6.45) is 6.27. The van der Waals surface area contributed by atoms with Gasteiger partial charge in [-0.25, -0.2) is 0 Å². The van der Waals surface area contributed by atoms with E-state index in [-0.39, 0.29) is 24.9 Å². The van der Waals surface area contributed by atoms with Gasteiger partial charge in [-0.3, -0.25) is 9.59 Å². The molecule has 0 aromatic rings. The van der Waals surface area contributed by atoms with Crippen LogP contribution in [0.2, 0.25) is 0 Å². The number of halogens is 3. The van der Waals surface area contributed by atoms with Crippen molar-refractivity contribution >= 4 is 11.8 Å². The standard InChI is InChI=1S/C22H35F3N2O2/c1-21(2,22(23,24)25)20(29)27-14-12-26(13-15-27)19(28)18-10-8-17(9-11-18)16-6-4-3-5-7-16/h16-18H,3-15H2,1-2H3. The summed E-state index contributed by atoms with van der Waals surface area (Å²) in [5.41, 5.74) is -2.39. The number of piperazine rings is 1. The molecule has 3 rings (SSSR count). The molecule has 1 heterocycles. The van der Waals surface area contributed by atoms with Crippen LogP contribution in [0.3, 0.4) is 0 Å². The van der Waals surface area contributed by atoms with E-state index in [2.05, 4.69) is 0 Å². The molecule has 4 nitrogen and oxygen atoms in total. The maximum atomic E-state index is 13.1. The van der Waals surface area contributed by atoms with Gasteiger partial charge in [-0.2, -0.15) is 13.2 Å². The lowest BCUT2D eigenvalue weighted by molar-refractivity contribution is -0.218. The summed E-state index contributed by atoms with van der Waals surface area (Å²) in [5.74, 6) is 0.882. The third-order valence-corrected chi connectivity index (χ3v) is 7.56. The summed E-state index contributed by atoms with van der Waals surface area (Å²) in [6.45, 7) is 2.89. The smallest absolute Gasteiger partial charge is 0.339 e. The molecule has 0 aromatic carbocycles. The largest absolute Gasteiger partial charge is 0.402 e. The highest BCUT2D eigenvalue weighted by Crippen LogP contribution is 2.41. The van der Waals surface area contributed by atoms with Crippen LogP contribution in [0.15, 0.2) is 0 Å². The van der Waals surface area contributed by atoms with Crippen LogP contribution in [0, 0.1) is 23.2 Å². The summed E-state index contributed by atoms with van der Waals surface area (Å²) >= 11 is 0. The van der Waals surface area contributed by atoms with Gasteiger partial charge in [-0.1, -0.05) is 32.1 Å². The number of hydrogen-bond donors (Lipinski definition) is 0. The van der Waals surface area contributed by atoms with E-state index >= 15 is 0 Å². The molecule has 0 N–H and O–H groups in total. The Hall–Kier alpha value is -1.27. The molecule has 2 aliphatic carbocycles. The van der Waals surface area contributed by atoms with Crippen LogP contribution >= 0.6 is 0 Å². The van der Waals surface area contributed by atoms with Crippen LogP contribution in [0.25, 0.3) is 0 Å². The normalized spacial score (nSPS) is 27.8. The summed E-state index contributed by atoms with van der Waals surface area (Å²) in [7, 11) is 0. The van der Waals surface area contributed by atoms with E-state index in [0.29, 0.717) is 13.1 Å². The second-order valence-corrected chi connectivity index (χ2v) is 9.75. The number of rotatable bonds is 3. The molecule has 0 atom stereocenters. The lowest BCUT2D eigenvalue weighted by Crippen LogP contribution is -2.56. The number of carbonyl (C=O) groups excluding carboxylic acids is 2. The summed E-state index contributed by atoms with van der Waals surface area (Å²) in [5, 5.41) is 0.